The Balaban J connectivity index is 1.72. The van der Waals surface area contributed by atoms with E-state index in [-0.39, 0.29) is 18.6 Å². The normalized spacial score (nSPS) is 24.8. The van der Waals surface area contributed by atoms with Gasteiger partial charge in [0.2, 0.25) is 0 Å². The third kappa shape index (κ3) is 6.49. The fourth-order valence-corrected chi connectivity index (χ4v) is 4.07. The molecular weight excluding hydrogens is 318 g/mol. The zero-order valence-corrected chi connectivity index (χ0v) is 16.1. The van der Waals surface area contributed by atoms with Crippen LogP contribution in [0, 0.1) is 11.3 Å². The smallest absolute Gasteiger partial charge is 0.317 e. The number of carboxylic acids is 1. The highest BCUT2D eigenvalue weighted by molar-refractivity contribution is 5.74. The van der Waals surface area contributed by atoms with Gasteiger partial charge in [0.05, 0.1) is 6.54 Å². The first-order valence-electron chi connectivity index (χ1n) is 9.72. The van der Waals surface area contributed by atoms with Gasteiger partial charge >= 0.3 is 12.0 Å². The van der Waals surface area contributed by atoms with Crippen molar-refractivity contribution in [1.82, 2.24) is 15.1 Å². The number of likely N-dealkylation sites (tertiary alicyclic amines) is 1. The number of likely N-dealkylation sites (N-methyl/N-ethyl adjacent to an activating group) is 1. The maximum absolute atomic E-state index is 12.5. The Kier molecular flexibility index (Phi) is 7.11. The molecule has 0 spiro atoms. The van der Waals surface area contributed by atoms with E-state index in [1.165, 1.54) is 25.7 Å². The van der Waals surface area contributed by atoms with E-state index in [0.717, 1.165) is 32.4 Å². The number of nitrogens with zero attached hydrogens (tertiary/aromatic N) is 2. The highest BCUT2D eigenvalue weighted by Gasteiger charge is 2.28. The van der Waals surface area contributed by atoms with E-state index in [1.807, 2.05) is 16.8 Å². The second-order valence-corrected chi connectivity index (χ2v) is 8.67. The molecule has 1 saturated heterocycles. The molecule has 1 aliphatic carbocycles. The molecule has 0 bridgehead atoms. The minimum atomic E-state index is -0.794. The van der Waals surface area contributed by atoms with Crippen LogP contribution in [0.4, 0.5) is 4.79 Å². The van der Waals surface area contributed by atoms with Crippen LogP contribution in [-0.4, -0.2) is 66.2 Å². The number of hydrogen-bond acceptors (Lipinski definition) is 3. The third-order valence-electron chi connectivity index (χ3n) is 5.99. The molecule has 25 heavy (non-hydrogen) atoms. The van der Waals surface area contributed by atoms with E-state index < -0.39 is 5.97 Å². The van der Waals surface area contributed by atoms with Crippen LogP contribution < -0.4 is 5.32 Å². The molecular formula is C19H35N3O3. The molecule has 2 N–H and O–H groups in total. The predicted octanol–water partition coefficient (Wildman–Crippen LogP) is 2.78. The van der Waals surface area contributed by atoms with Crippen molar-refractivity contribution in [2.75, 3.05) is 33.2 Å². The quantitative estimate of drug-likeness (QED) is 0.797. The van der Waals surface area contributed by atoms with Crippen LogP contribution in [0.5, 0.6) is 0 Å². The Morgan fingerprint density at radius 1 is 1.16 bits per heavy atom. The van der Waals surface area contributed by atoms with Gasteiger partial charge in [-0.2, -0.15) is 0 Å². The first-order chi connectivity index (χ1) is 11.8. The fraction of sp³-hybridized carbons (Fsp3) is 0.895. The number of amides is 2. The minimum Gasteiger partial charge on any atom is -0.480 e. The fourth-order valence-electron chi connectivity index (χ4n) is 4.07. The topological polar surface area (TPSA) is 72.9 Å². The van der Waals surface area contributed by atoms with Gasteiger partial charge in [0.15, 0.2) is 0 Å². The van der Waals surface area contributed by atoms with Crippen molar-refractivity contribution < 1.29 is 14.7 Å². The van der Waals surface area contributed by atoms with Crippen LogP contribution in [0.3, 0.4) is 0 Å². The summed E-state index contributed by atoms with van der Waals surface area (Å²) in [6.07, 6.45) is 7.62. The van der Waals surface area contributed by atoms with Gasteiger partial charge in [-0.15, -0.1) is 0 Å². The molecule has 0 aromatic carbocycles. The van der Waals surface area contributed by atoms with Crippen molar-refractivity contribution in [2.24, 2.45) is 11.3 Å². The van der Waals surface area contributed by atoms with Crippen LogP contribution in [-0.2, 0) is 4.79 Å². The molecule has 1 heterocycles. The summed E-state index contributed by atoms with van der Waals surface area (Å²) < 4.78 is 0. The first kappa shape index (κ1) is 20.0. The number of carboxylic acid groups (broad SMARTS) is 1. The molecule has 1 aliphatic heterocycles. The van der Waals surface area contributed by atoms with Gasteiger partial charge in [-0.3, -0.25) is 9.69 Å². The Labute approximate surface area is 151 Å². The summed E-state index contributed by atoms with van der Waals surface area (Å²) >= 11 is 0. The molecule has 2 rings (SSSR count). The largest absolute Gasteiger partial charge is 0.480 e. The summed E-state index contributed by atoms with van der Waals surface area (Å²) in [6, 6.07) is 0.292. The Hall–Kier alpha value is -1.30. The number of carbonyl (C=O) groups excluding carboxylic acids is 1. The molecule has 1 atom stereocenters. The second-order valence-electron chi connectivity index (χ2n) is 8.67. The average Bonchev–Trinajstić information content (AvgIpc) is 2.79. The number of hydrogen-bond donors (Lipinski definition) is 2. The Morgan fingerprint density at radius 3 is 2.48 bits per heavy atom. The van der Waals surface area contributed by atoms with Gasteiger partial charge in [0, 0.05) is 25.7 Å². The highest BCUT2D eigenvalue weighted by atomic mass is 16.4. The summed E-state index contributed by atoms with van der Waals surface area (Å²) in [6.45, 7) is 6.98. The molecule has 6 heteroatoms. The molecule has 1 unspecified atom stereocenters. The summed E-state index contributed by atoms with van der Waals surface area (Å²) in [4.78, 5) is 27.2. The van der Waals surface area contributed by atoms with Crippen molar-refractivity contribution in [3.8, 4) is 0 Å². The lowest BCUT2D eigenvalue weighted by molar-refractivity contribution is -0.138. The van der Waals surface area contributed by atoms with E-state index in [4.69, 9.17) is 5.11 Å². The zero-order valence-electron chi connectivity index (χ0n) is 16.1. The van der Waals surface area contributed by atoms with Crippen molar-refractivity contribution in [2.45, 2.75) is 64.8 Å². The molecule has 2 aliphatic rings. The maximum Gasteiger partial charge on any atom is 0.317 e. The molecule has 2 amide bonds. The predicted molar refractivity (Wildman–Crippen MR) is 98.6 cm³/mol. The van der Waals surface area contributed by atoms with Crippen LogP contribution in [0.2, 0.25) is 0 Å². The maximum atomic E-state index is 12.5. The molecule has 144 valence electrons. The number of urea groups is 1. The summed E-state index contributed by atoms with van der Waals surface area (Å²) in [7, 11) is 1.86. The van der Waals surface area contributed by atoms with E-state index in [2.05, 4.69) is 19.2 Å². The second kappa shape index (κ2) is 8.88. The first-order valence-corrected chi connectivity index (χ1v) is 9.72. The lowest BCUT2D eigenvalue weighted by atomic mass is 9.73. The number of carbonyl (C=O) groups is 2. The summed E-state index contributed by atoms with van der Waals surface area (Å²) in [5, 5.41) is 12.1. The Bertz CT molecular complexity index is 457. The molecule has 0 aromatic heterocycles. The molecule has 0 radical (unpaired) electrons. The molecule has 2 fully saturated rings. The van der Waals surface area contributed by atoms with Gasteiger partial charge < -0.3 is 15.3 Å². The summed E-state index contributed by atoms with van der Waals surface area (Å²) in [5.41, 5.74) is 0.461. The number of aliphatic carboxylic acids is 1. The van der Waals surface area contributed by atoms with E-state index >= 15 is 0 Å². The summed E-state index contributed by atoms with van der Waals surface area (Å²) in [5.74, 6) is -0.185. The number of nitrogens with one attached hydrogen (secondary N) is 1. The van der Waals surface area contributed by atoms with Crippen molar-refractivity contribution in [1.29, 1.82) is 0 Å². The van der Waals surface area contributed by atoms with E-state index in [9.17, 15) is 9.59 Å². The van der Waals surface area contributed by atoms with Crippen LogP contribution >= 0.6 is 0 Å². The van der Waals surface area contributed by atoms with Gasteiger partial charge in [-0.05, 0) is 63.3 Å². The minimum absolute atomic E-state index is 0.0476. The van der Waals surface area contributed by atoms with Crippen molar-refractivity contribution in [3.05, 3.63) is 0 Å². The molecule has 6 nitrogen and oxygen atoms in total. The zero-order chi connectivity index (χ0) is 18.4. The lowest BCUT2D eigenvalue weighted by Crippen LogP contribution is -2.43. The lowest BCUT2D eigenvalue weighted by Gasteiger charge is -2.34. The Morgan fingerprint density at radius 2 is 1.84 bits per heavy atom. The SMILES string of the molecule is CN(CC(=O)O)C1CCCN(C(=O)NCC2CCC(C)(C)CC2)CC1. The van der Waals surface area contributed by atoms with Crippen LogP contribution in [0.1, 0.15) is 58.8 Å². The van der Waals surface area contributed by atoms with Crippen molar-refractivity contribution in [3.63, 3.8) is 0 Å². The van der Waals surface area contributed by atoms with Gasteiger partial charge in [0.25, 0.3) is 0 Å². The number of rotatable bonds is 5. The molecule has 0 aromatic rings. The third-order valence-corrected chi connectivity index (χ3v) is 5.99. The van der Waals surface area contributed by atoms with Crippen molar-refractivity contribution >= 4 is 12.0 Å². The van der Waals surface area contributed by atoms with Gasteiger partial charge in [-0.25, -0.2) is 4.79 Å². The van der Waals surface area contributed by atoms with E-state index in [1.54, 1.807) is 0 Å². The standard InChI is InChI=1S/C19H35N3O3/c1-19(2)9-6-15(7-10-19)13-20-18(25)22-11-4-5-16(8-12-22)21(3)14-17(23)24/h15-16H,4-14H2,1-3H3,(H,20,25)(H,23,24). The van der Waals surface area contributed by atoms with E-state index in [0.29, 0.717) is 17.9 Å². The van der Waals surface area contributed by atoms with Crippen LogP contribution in [0.25, 0.3) is 0 Å². The average molecular weight is 354 g/mol. The highest BCUT2D eigenvalue weighted by Crippen LogP contribution is 2.37. The monoisotopic (exact) mass is 353 g/mol. The van der Waals surface area contributed by atoms with Gasteiger partial charge in [-0.1, -0.05) is 13.8 Å². The van der Waals surface area contributed by atoms with Gasteiger partial charge in [0.1, 0.15) is 0 Å². The van der Waals surface area contributed by atoms with Crippen LogP contribution in [0.15, 0.2) is 0 Å². The molecule has 1 saturated carbocycles.